The maximum Gasteiger partial charge on any atom is 0.306 e. The molecule has 6 nitrogen and oxygen atoms in total. The van der Waals surface area contributed by atoms with Crippen LogP contribution < -0.4 is 0 Å². The second-order valence-electron chi connectivity index (χ2n) is 24.5. The molecule has 0 aliphatic heterocycles. The highest BCUT2D eigenvalue weighted by Gasteiger charge is 2.19. The van der Waals surface area contributed by atoms with E-state index in [0.717, 1.165) is 77.0 Å². The van der Waals surface area contributed by atoms with E-state index >= 15 is 0 Å². The molecule has 80 heavy (non-hydrogen) atoms. The Morgan fingerprint density at radius 1 is 0.250 bits per heavy atom. The summed E-state index contributed by atoms with van der Waals surface area (Å²) in [4.78, 5) is 38.2. The van der Waals surface area contributed by atoms with Crippen LogP contribution in [0, 0.1) is 0 Å². The Bertz CT molecular complexity index is 1340. The minimum absolute atomic E-state index is 0.0726. The van der Waals surface area contributed by atoms with Gasteiger partial charge in [-0.25, -0.2) is 0 Å². The third-order valence-corrected chi connectivity index (χ3v) is 16.4. The van der Waals surface area contributed by atoms with E-state index in [1.807, 2.05) is 0 Å². The lowest BCUT2D eigenvalue weighted by atomic mass is 10.0. The van der Waals surface area contributed by atoms with E-state index in [1.165, 1.54) is 283 Å². The van der Waals surface area contributed by atoms with E-state index in [1.54, 1.807) is 0 Å². The maximum atomic E-state index is 12.9. The van der Waals surface area contributed by atoms with Gasteiger partial charge in [0.05, 0.1) is 0 Å². The fraction of sp³-hybridized carbons (Fsp3) is 0.878. The van der Waals surface area contributed by atoms with Crippen LogP contribution in [0.4, 0.5) is 0 Å². The molecule has 1 unspecified atom stereocenters. The van der Waals surface area contributed by atoms with Crippen molar-refractivity contribution in [3.8, 4) is 0 Å². The quantitative estimate of drug-likeness (QED) is 0.0261. The van der Waals surface area contributed by atoms with Gasteiger partial charge in [0.15, 0.2) is 6.10 Å². The summed E-state index contributed by atoms with van der Waals surface area (Å²) in [6, 6.07) is 0. The Hall–Kier alpha value is -2.37. The molecule has 0 aliphatic carbocycles. The van der Waals surface area contributed by atoms with E-state index in [-0.39, 0.29) is 31.1 Å². The van der Waals surface area contributed by atoms with Crippen molar-refractivity contribution in [1.29, 1.82) is 0 Å². The standard InChI is InChI=1S/C74H138O6/c1-4-7-10-13-16-19-21-23-25-27-29-30-31-32-33-34-35-36-37-38-39-40-41-42-43-45-46-48-50-52-55-58-61-64-67-73(76)79-70-71(69-78-72(75)66-63-60-57-54-18-15-12-9-6-3)80-74(77)68-65-62-59-56-53-51-49-47-44-28-26-24-22-20-17-14-11-8-5-2/h17,20,24,26,44,47,71H,4-16,18-19,21-23,25,27-43,45-46,48-70H2,1-3H3/b20-17-,26-24-,47-44-. The molecule has 0 radical (unpaired) electrons. The van der Waals surface area contributed by atoms with Crippen molar-refractivity contribution in [3.63, 3.8) is 0 Å². The molecule has 0 aliphatic rings. The van der Waals surface area contributed by atoms with E-state index in [9.17, 15) is 14.4 Å². The summed E-state index contributed by atoms with van der Waals surface area (Å²) in [5, 5.41) is 0. The molecule has 0 saturated heterocycles. The van der Waals surface area contributed by atoms with Crippen LogP contribution in [0.2, 0.25) is 0 Å². The number of carbonyl (C=O) groups is 3. The average Bonchev–Trinajstić information content (AvgIpc) is 3.46. The highest BCUT2D eigenvalue weighted by Crippen LogP contribution is 2.19. The lowest BCUT2D eigenvalue weighted by Crippen LogP contribution is -2.30. The SMILES string of the molecule is CCCCC/C=C\C/C=C\C/C=C\CCCCCCCCC(=O)OC(COC(=O)CCCCCCCCCCC)COC(=O)CCCCCCCCCCCCCCCCCCCCCCCCCCCCCCCCCCCC. The summed E-state index contributed by atoms with van der Waals surface area (Å²) < 4.78 is 16.9. The highest BCUT2D eigenvalue weighted by atomic mass is 16.6. The number of hydrogen-bond donors (Lipinski definition) is 0. The van der Waals surface area contributed by atoms with Crippen molar-refractivity contribution in [2.45, 2.75) is 406 Å². The number of rotatable bonds is 67. The van der Waals surface area contributed by atoms with E-state index in [4.69, 9.17) is 14.2 Å². The normalized spacial score (nSPS) is 12.2. The molecular formula is C74H138O6. The summed E-state index contributed by atoms with van der Waals surface area (Å²) in [6.45, 7) is 6.65. The molecule has 0 fully saturated rings. The molecule has 0 heterocycles. The Labute approximate surface area is 499 Å². The number of unbranched alkanes of at least 4 members (excludes halogenated alkanes) is 50. The zero-order chi connectivity index (χ0) is 57.8. The molecule has 0 aromatic heterocycles. The molecule has 470 valence electrons. The summed E-state index contributed by atoms with van der Waals surface area (Å²) in [5.74, 6) is -0.864. The predicted molar refractivity (Wildman–Crippen MR) is 349 cm³/mol. The first-order chi connectivity index (χ1) is 39.5. The van der Waals surface area contributed by atoms with Crippen LogP contribution in [0.3, 0.4) is 0 Å². The summed E-state index contributed by atoms with van der Waals surface area (Å²) in [7, 11) is 0. The van der Waals surface area contributed by atoms with Crippen LogP contribution in [0.1, 0.15) is 400 Å². The molecule has 0 spiro atoms. The number of ether oxygens (including phenoxy) is 3. The van der Waals surface area contributed by atoms with Crippen LogP contribution in [-0.4, -0.2) is 37.2 Å². The van der Waals surface area contributed by atoms with Gasteiger partial charge in [0.25, 0.3) is 0 Å². The largest absolute Gasteiger partial charge is 0.462 e. The predicted octanol–water partition coefficient (Wildman–Crippen LogP) is 24.7. The van der Waals surface area contributed by atoms with Gasteiger partial charge in [0, 0.05) is 19.3 Å². The molecule has 6 heteroatoms. The molecular weight excluding hydrogens is 985 g/mol. The Morgan fingerprint density at radius 3 is 0.725 bits per heavy atom. The van der Waals surface area contributed by atoms with Gasteiger partial charge < -0.3 is 14.2 Å². The Morgan fingerprint density at radius 2 is 0.450 bits per heavy atom. The number of esters is 3. The van der Waals surface area contributed by atoms with Crippen LogP contribution in [0.5, 0.6) is 0 Å². The lowest BCUT2D eigenvalue weighted by molar-refractivity contribution is -0.167. The van der Waals surface area contributed by atoms with E-state index in [2.05, 4.69) is 57.2 Å². The highest BCUT2D eigenvalue weighted by molar-refractivity contribution is 5.71. The second-order valence-corrected chi connectivity index (χ2v) is 24.5. The van der Waals surface area contributed by atoms with Gasteiger partial charge in [-0.15, -0.1) is 0 Å². The number of allylic oxidation sites excluding steroid dienone is 6. The third kappa shape index (κ3) is 66.4. The smallest absolute Gasteiger partial charge is 0.306 e. The average molecular weight is 1120 g/mol. The van der Waals surface area contributed by atoms with Crippen LogP contribution in [-0.2, 0) is 28.6 Å². The minimum Gasteiger partial charge on any atom is -0.462 e. The molecule has 0 N–H and O–H groups in total. The number of carbonyl (C=O) groups excluding carboxylic acids is 3. The van der Waals surface area contributed by atoms with Gasteiger partial charge in [0.1, 0.15) is 13.2 Å². The van der Waals surface area contributed by atoms with Gasteiger partial charge in [-0.05, 0) is 57.8 Å². The molecule has 0 bridgehead atoms. The third-order valence-electron chi connectivity index (χ3n) is 16.4. The van der Waals surface area contributed by atoms with Crippen molar-refractivity contribution >= 4 is 17.9 Å². The Balaban J connectivity index is 4.01. The van der Waals surface area contributed by atoms with Crippen LogP contribution in [0.15, 0.2) is 36.5 Å². The zero-order valence-corrected chi connectivity index (χ0v) is 54.1. The molecule has 1 atom stereocenters. The van der Waals surface area contributed by atoms with Crippen molar-refractivity contribution in [3.05, 3.63) is 36.5 Å². The minimum atomic E-state index is -0.776. The fourth-order valence-corrected chi connectivity index (χ4v) is 11.0. The van der Waals surface area contributed by atoms with Crippen LogP contribution >= 0.6 is 0 Å². The van der Waals surface area contributed by atoms with Crippen molar-refractivity contribution in [2.24, 2.45) is 0 Å². The second kappa shape index (κ2) is 69.1. The van der Waals surface area contributed by atoms with E-state index in [0.29, 0.717) is 19.3 Å². The van der Waals surface area contributed by atoms with Gasteiger partial charge in [-0.3, -0.25) is 14.4 Å². The van der Waals surface area contributed by atoms with Gasteiger partial charge in [0.2, 0.25) is 0 Å². The maximum absolute atomic E-state index is 12.9. The molecule has 0 aromatic carbocycles. The van der Waals surface area contributed by atoms with Crippen LogP contribution in [0.25, 0.3) is 0 Å². The van der Waals surface area contributed by atoms with E-state index < -0.39 is 6.10 Å². The zero-order valence-electron chi connectivity index (χ0n) is 54.1. The molecule has 0 aromatic rings. The van der Waals surface area contributed by atoms with Crippen molar-refractivity contribution < 1.29 is 28.6 Å². The molecule has 0 rings (SSSR count). The van der Waals surface area contributed by atoms with Crippen molar-refractivity contribution in [2.75, 3.05) is 13.2 Å². The van der Waals surface area contributed by atoms with Gasteiger partial charge in [-0.1, -0.05) is 359 Å². The summed E-state index contributed by atoms with van der Waals surface area (Å²) in [5.41, 5.74) is 0. The number of hydrogen-bond acceptors (Lipinski definition) is 6. The monoisotopic (exact) mass is 1120 g/mol. The van der Waals surface area contributed by atoms with Gasteiger partial charge in [-0.2, -0.15) is 0 Å². The first-order valence-electron chi connectivity index (χ1n) is 36.0. The summed E-state index contributed by atoms with van der Waals surface area (Å²) >= 11 is 0. The first-order valence-corrected chi connectivity index (χ1v) is 36.0. The van der Waals surface area contributed by atoms with Gasteiger partial charge >= 0.3 is 17.9 Å². The van der Waals surface area contributed by atoms with Crippen molar-refractivity contribution in [1.82, 2.24) is 0 Å². The molecule has 0 saturated carbocycles. The summed E-state index contributed by atoms with van der Waals surface area (Å²) in [6.07, 6.45) is 86.4. The topological polar surface area (TPSA) is 78.9 Å². The molecule has 0 amide bonds. The first kappa shape index (κ1) is 77.6. The lowest BCUT2D eigenvalue weighted by Gasteiger charge is -2.18. The Kier molecular flexibility index (Phi) is 67.1. The fourth-order valence-electron chi connectivity index (χ4n) is 11.0.